The first-order valence-electron chi connectivity index (χ1n) is 14.3. The van der Waals surface area contributed by atoms with Crippen molar-refractivity contribution in [3.05, 3.63) is 0 Å². The lowest BCUT2D eigenvalue weighted by Crippen LogP contribution is -2.27. The highest BCUT2D eigenvalue weighted by Gasteiger charge is 2.22. The quantitative estimate of drug-likeness (QED) is 0.0865. The third-order valence-corrected chi connectivity index (χ3v) is 9.76. The molecule has 3 N–H and O–H groups in total. The minimum absolute atomic E-state index is 0. The summed E-state index contributed by atoms with van der Waals surface area (Å²) in [5.41, 5.74) is -0.796. The molecule has 1 heterocycles. The third kappa shape index (κ3) is 36.1. The Morgan fingerprint density at radius 2 is 1.00 bits per heavy atom. The van der Waals surface area contributed by atoms with E-state index >= 15 is 0 Å². The molecule has 0 aliphatic carbocycles. The van der Waals surface area contributed by atoms with Gasteiger partial charge in [-0.05, 0) is 81.6 Å². The smallest absolute Gasteiger partial charge is 0.332 e. The maximum absolute atomic E-state index is 11.0. The number of aliphatic hydroxyl groups excluding tert-OH is 1. The van der Waals surface area contributed by atoms with Crippen molar-refractivity contribution in [1.29, 1.82) is 0 Å². The summed E-state index contributed by atoms with van der Waals surface area (Å²) in [5.74, 6) is -2.46. The molecule has 1 rings (SSSR count). The molecule has 5 unspecified atom stereocenters. The predicted octanol–water partition coefficient (Wildman–Crippen LogP) is 6.38. The SMILES string of the molecule is C.CC(=O)CCC(O)C(C)=O.CC(=O)CCC(OC(C)S)C(C)=O.CC(S)OC(CCC(=O)O)C(=O)O.CC1SC(C)SC(C)S1. The number of rotatable bonds is 16. The van der Waals surface area contributed by atoms with Gasteiger partial charge in [0.15, 0.2) is 17.7 Å². The Balaban J connectivity index is -0.000000256. The van der Waals surface area contributed by atoms with Gasteiger partial charge in [-0.1, -0.05) is 7.43 Å². The maximum atomic E-state index is 11.0. The summed E-state index contributed by atoms with van der Waals surface area (Å²) < 4.78 is 12.5. The molecular weight excluding hydrogens is 697 g/mol. The monoisotopic (exact) mass is 752 g/mol. The highest BCUT2D eigenvalue weighted by Crippen LogP contribution is 2.45. The van der Waals surface area contributed by atoms with E-state index in [1.54, 1.807) is 13.8 Å². The van der Waals surface area contributed by atoms with Crippen molar-refractivity contribution < 1.29 is 53.6 Å². The summed E-state index contributed by atoms with van der Waals surface area (Å²) in [6.45, 7) is 15.9. The van der Waals surface area contributed by atoms with Crippen molar-refractivity contribution in [2.45, 2.75) is 151 Å². The number of thioether (sulfide) groups is 3. The van der Waals surface area contributed by atoms with Crippen LogP contribution in [-0.2, 0) is 38.2 Å². The van der Waals surface area contributed by atoms with Crippen LogP contribution in [0.4, 0.5) is 0 Å². The second-order valence-corrected chi connectivity index (χ2v) is 17.5. The number of carbonyl (C=O) groups excluding carboxylic acids is 4. The van der Waals surface area contributed by atoms with Crippen LogP contribution in [0, 0.1) is 0 Å². The predicted molar refractivity (Wildman–Crippen MR) is 196 cm³/mol. The van der Waals surface area contributed by atoms with E-state index in [0.717, 1.165) is 13.7 Å². The third-order valence-electron chi connectivity index (χ3n) is 5.22. The van der Waals surface area contributed by atoms with Crippen LogP contribution in [0.5, 0.6) is 0 Å². The maximum Gasteiger partial charge on any atom is 0.332 e. The molecule has 0 saturated carbocycles. The molecule has 0 radical (unpaired) electrons. The van der Waals surface area contributed by atoms with Crippen LogP contribution < -0.4 is 0 Å². The summed E-state index contributed by atoms with van der Waals surface area (Å²) >= 11 is 14.1. The zero-order valence-corrected chi connectivity index (χ0v) is 31.8. The van der Waals surface area contributed by atoms with E-state index in [1.807, 2.05) is 0 Å². The lowest BCUT2D eigenvalue weighted by Gasteiger charge is -2.27. The fourth-order valence-corrected chi connectivity index (χ4v) is 9.45. The number of carboxylic acids is 2. The largest absolute Gasteiger partial charge is 0.481 e. The second kappa shape index (κ2) is 30.3. The zero-order chi connectivity index (χ0) is 35.9. The Hall–Kier alpha value is -0.750. The molecule has 0 spiro atoms. The molecule has 1 saturated heterocycles. The molecular formula is C30H56O11S5. The first-order valence-corrected chi connectivity index (χ1v) is 18.2. The van der Waals surface area contributed by atoms with E-state index < -0.39 is 35.7 Å². The molecule has 0 bridgehead atoms. The molecule has 1 aliphatic rings. The molecule has 272 valence electrons. The number of aliphatic carboxylic acids is 2. The highest BCUT2D eigenvalue weighted by molar-refractivity contribution is 8.33. The topological polar surface area (TPSA) is 182 Å². The van der Waals surface area contributed by atoms with Gasteiger partial charge in [0, 0.05) is 33.0 Å². The van der Waals surface area contributed by atoms with E-state index in [-0.39, 0.29) is 61.7 Å². The van der Waals surface area contributed by atoms with E-state index in [0.29, 0.717) is 12.8 Å². The molecule has 0 aromatic heterocycles. The van der Waals surface area contributed by atoms with Crippen molar-refractivity contribution in [2.24, 2.45) is 0 Å². The average Bonchev–Trinajstić information content (AvgIpc) is 2.86. The first-order chi connectivity index (χ1) is 20.6. The number of hydrogen-bond acceptors (Lipinski definition) is 14. The van der Waals surface area contributed by atoms with Gasteiger partial charge in [0.25, 0.3) is 0 Å². The van der Waals surface area contributed by atoms with E-state index in [4.69, 9.17) is 24.8 Å². The van der Waals surface area contributed by atoms with Crippen LogP contribution in [0.2, 0.25) is 0 Å². The van der Waals surface area contributed by atoms with Crippen molar-refractivity contribution in [3.8, 4) is 0 Å². The van der Waals surface area contributed by atoms with Gasteiger partial charge < -0.3 is 34.4 Å². The van der Waals surface area contributed by atoms with Gasteiger partial charge in [-0.2, -0.15) is 0 Å². The molecule has 1 fully saturated rings. The summed E-state index contributed by atoms with van der Waals surface area (Å²) in [5, 5.41) is 25.8. The van der Waals surface area contributed by atoms with Gasteiger partial charge in [0.2, 0.25) is 0 Å². The van der Waals surface area contributed by atoms with Crippen LogP contribution >= 0.6 is 60.5 Å². The number of hydrogen-bond donors (Lipinski definition) is 5. The fourth-order valence-electron chi connectivity index (χ4n) is 3.13. The molecule has 0 amide bonds. The lowest BCUT2D eigenvalue weighted by atomic mass is 10.1. The molecule has 11 nitrogen and oxygen atoms in total. The van der Waals surface area contributed by atoms with Crippen LogP contribution in [0.3, 0.4) is 0 Å². The molecule has 1 aliphatic heterocycles. The zero-order valence-electron chi connectivity index (χ0n) is 27.6. The summed E-state index contributed by atoms with van der Waals surface area (Å²) in [4.78, 5) is 63.1. The number of carbonyl (C=O) groups is 6. The van der Waals surface area contributed by atoms with Crippen LogP contribution in [0.1, 0.15) is 108 Å². The first kappa shape index (κ1) is 52.1. The second-order valence-electron chi connectivity index (χ2n) is 10.0. The molecule has 0 aromatic rings. The van der Waals surface area contributed by atoms with Crippen molar-refractivity contribution in [2.75, 3.05) is 0 Å². The van der Waals surface area contributed by atoms with Gasteiger partial charge in [0.1, 0.15) is 23.8 Å². The summed E-state index contributed by atoms with van der Waals surface area (Å²) in [6, 6.07) is 0. The fraction of sp³-hybridized carbons (Fsp3) is 0.800. The van der Waals surface area contributed by atoms with Gasteiger partial charge in [-0.3, -0.25) is 14.4 Å². The van der Waals surface area contributed by atoms with Gasteiger partial charge >= 0.3 is 11.9 Å². The molecule has 0 aromatic carbocycles. The standard InChI is InChI=1S/C9H16O3S.C7H12O5S.C7H12O3.C6H12S3.CH4/c1-6(10)4-5-9(7(2)11)12-8(3)13;1-4(13)12-5(7(10)11)2-3-6(8)9;1-5(8)3-4-7(10)6(2)9;1-4-7-5(2)9-6(3)8-4;/h8-9,13H,4-5H2,1-3H3;4-5,13H,2-3H2,1H3,(H,8,9)(H,10,11);7,10H,3-4H2,1-2H3;4-6H,1-3H3;1H4. The van der Waals surface area contributed by atoms with Gasteiger partial charge in [-0.25, -0.2) is 4.79 Å². The highest BCUT2D eigenvalue weighted by atomic mass is 32.3. The molecule has 46 heavy (non-hydrogen) atoms. The minimum atomic E-state index is -1.16. The average molecular weight is 753 g/mol. The number of Topliss-reactive ketones (excluding diaryl/α,β-unsaturated/α-hetero) is 4. The van der Waals surface area contributed by atoms with Crippen LogP contribution in [0.25, 0.3) is 0 Å². The number of ketones is 4. The minimum Gasteiger partial charge on any atom is -0.481 e. The summed E-state index contributed by atoms with van der Waals surface area (Å²) in [7, 11) is 0. The number of ether oxygens (including phenoxy) is 2. The van der Waals surface area contributed by atoms with E-state index in [2.05, 4.69) is 81.3 Å². The molecule has 5 atom stereocenters. The Kier molecular flexibility index (Phi) is 34.3. The lowest BCUT2D eigenvalue weighted by molar-refractivity contribution is -0.152. The van der Waals surface area contributed by atoms with E-state index in [1.165, 1.54) is 27.7 Å². The number of aliphatic hydroxyl groups is 1. The number of thiol groups is 2. The Labute approximate surface area is 299 Å². The van der Waals surface area contributed by atoms with Crippen LogP contribution in [-0.4, -0.2) is 93.3 Å². The van der Waals surface area contributed by atoms with E-state index in [9.17, 15) is 28.8 Å². The van der Waals surface area contributed by atoms with Crippen molar-refractivity contribution in [3.63, 3.8) is 0 Å². The Bertz CT molecular complexity index is 835. The van der Waals surface area contributed by atoms with Gasteiger partial charge in [-0.15, -0.1) is 60.5 Å². The Morgan fingerprint density at radius 3 is 1.28 bits per heavy atom. The van der Waals surface area contributed by atoms with Gasteiger partial charge in [0.05, 0.1) is 10.9 Å². The normalized spacial score (nSPS) is 20.0. The van der Waals surface area contributed by atoms with Crippen molar-refractivity contribution in [1.82, 2.24) is 0 Å². The van der Waals surface area contributed by atoms with Crippen molar-refractivity contribution >= 4 is 95.6 Å². The van der Waals surface area contributed by atoms with Crippen LogP contribution in [0.15, 0.2) is 0 Å². The number of carboxylic acid groups (broad SMARTS) is 2. The Morgan fingerprint density at radius 1 is 0.652 bits per heavy atom. The summed E-state index contributed by atoms with van der Waals surface area (Å²) in [6.07, 6.45) is -1.44. The molecule has 16 heteroatoms.